The molecule has 0 aliphatic heterocycles. The number of benzene rings is 1. The van der Waals surface area contributed by atoms with Crippen LogP contribution in [0.4, 0.5) is 4.39 Å². The molecule has 6 nitrogen and oxygen atoms in total. The molecule has 0 radical (unpaired) electrons. The summed E-state index contributed by atoms with van der Waals surface area (Å²) >= 11 is 1.65. The van der Waals surface area contributed by atoms with Crippen molar-refractivity contribution in [2.24, 2.45) is 0 Å². The second-order valence-corrected chi connectivity index (χ2v) is 7.05. The predicted molar refractivity (Wildman–Crippen MR) is 99.1 cm³/mol. The SMILES string of the molecule is Cc1nc(C(=O)NC[C@H](c2cccs2)N(C)C)nn1-c1ccc(F)cc1. The fraction of sp³-hybridized carbons (Fsp3) is 0.278. The summed E-state index contributed by atoms with van der Waals surface area (Å²) in [5.41, 5.74) is 0.653. The summed E-state index contributed by atoms with van der Waals surface area (Å²) in [5.74, 6) is -0.00941. The van der Waals surface area contributed by atoms with Crippen molar-refractivity contribution in [1.82, 2.24) is 25.0 Å². The molecule has 0 aliphatic rings. The van der Waals surface area contributed by atoms with Gasteiger partial charge in [-0.1, -0.05) is 6.07 Å². The molecule has 0 unspecified atom stereocenters. The van der Waals surface area contributed by atoms with E-state index in [9.17, 15) is 9.18 Å². The molecule has 0 aliphatic carbocycles. The highest BCUT2D eigenvalue weighted by atomic mass is 32.1. The Kier molecular flexibility index (Phi) is 5.43. The Morgan fingerprint density at radius 2 is 2.04 bits per heavy atom. The van der Waals surface area contributed by atoms with Crippen molar-refractivity contribution >= 4 is 17.2 Å². The van der Waals surface area contributed by atoms with Gasteiger partial charge in [0.25, 0.3) is 5.91 Å². The van der Waals surface area contributed by atoms with Crippen LogP contribution in [0.15, 0.2) is 41.8 Å². The first-order valence-corrected chi connectivity index (χ1v) is 9.01. The van der Waals surface area contributed by atoms with Gasteiger partial charge < -0.3 is 10.2 Å². The van der Waals surface area contributed by atoms with E-state index in [1.54, 1.807) is 30.4 Å². The highest BCUT2D eigenvalue weighted by Crippen LogP contribution is 2.22. The molecular formula is C18H20FN5OS. The summed E-state index contributed by atoms with van der Waals surface area (Å²) in [6.07, 6.45) is 0. The minimum absolute atomic E-state index is 0.0826. The Morgan fingerprint density at radius 1 is 1.31 bits per heavy atom. The highest BCUT2D eigenvalue weighted by Gasteiger charge is 2.19. The van der Waals surface area contributed by atoms with Gasteiger partial charge in [-0.3, -0.25) is 4.79 Å². The zero-order valence-corrected chi connectivity index (χ0v) is 15.6. The molecule has 0 fully saturated rings. The van der Waals surface area contributed by atoms with Crippen LogP contribution in [0, 0.1) is 12.7 Å². The maximum atomic E-state index is 13.1. The van der Waals surface area contributed by atoms with E-state index in [0.717, 1.165) is 0 Å². The number of hydrogen-bond acceptors (Lipinski definition) is 5. The van der Waals surface area contributed by atoms with Gasteiger partial charge in [-0.05, 0) is 56.7 Å². The van der Waals surface area contributed by atoms with Gasteiger partial charge in [0.2, 0.25) is 5.82 Å². The lowest BCUT2D eigenvalue weighted by Gasteiger charge is -2.23. The molecule has 0 saturated carbocycles. The van der Waals surface area contributed by atoms with Gasteiger partial charge in [0.15, 0.2) is 0 Å². The van der Waals surface area contributed by atoms with Crippen molar-refractivity contribution in [1.29, 1.82) is 0 Å². The van der Waals surface area contributed by atoms with Gasteiger partial charge in [-0.15, -0.1) is 16.4 Å². The summed E-state index contributed by atoms with van der Waals surface area (Å²) < 4.78 is 14.6. The molecule has 1 N–H and O–H groups in total. The number of carbonyl (C=O) groups is 1. The number of aryl methyl sites for hydroxylation is 1. The van der Waals surface area contributed by atoms with Crippen LogP contribution < -0.4 is 5.32 Å². The lowest BCUT2D eigenvalue weighted by atomic mass is 10.2. The van der Waals surface area contributed by atoms with E-state index in [4.69, 9.17) is 0 Å². The molecule has 2 aromatic heterocycles. The minimum Gasteiger partial charge on any atom is -0.347 e. The third-order valence-electron chi connectivity index (χ3n) is 3.99. The number of likely N-dealkylation sites (N-methyl/N-ethyl adjacent to an activating group) is 1. The minimum atomic E-state index is -0.336. The number of rotatable bonds is 6. The van der Waals surface area contributed by atoms with Crippen LogP contribution in [0.2, 0.25) is 0 Å². The molecule has 0 saturated heterocycles. The maximum Gasteiger partial charge on any atom is 0.291 e. The van der Waals surface area contributed by atoms with Crippen molar-refractivity contribution in [3.05, 3.63) is 64.1 Å². The second kappa shape index (κ2) is 7.76. The van der Waals surface area contributed by atoms with Gasteiger partial charge in [0.05, 0.1) is 11.7 Å². The summed E-state index contributed by atoms with van der Waals surface area (Å²) in [5, 5.41) is 9.17. The van der Waals surface area contributed by atoms with Crippen LogP contribution in [-0.4, -0.2) is 46.2 Å². The monoisotopic (exact) mass is 373 g/mol. The third-order valence-corrected chi connectivity index (χ3v) is 4.97. The van der Waals surface area contributed by atoms with Crippen LogP contribution >= 0.6 is 11.3 Å². The number of thiophene rings is 1. The number of carbonyl (C=O) groups excluding carboxylic acids is 1. The molecule has 1 amide bonds. The molecule has 3 rings (SSSR count). The number of amides is 1. The van der Waals surface area contributed by atoms with Crippen LogP contribution in [0.3, 0.4) is 0 Å². The van der Waals surface area contributed by atoms with Crippen LogP contribution in [0.5, 0.6) is 0 Å². The molecule has 3 aromatic rings. The number of aromatic nitrogens is 3. The van der Waals surface area contributed by atoms with Gasteiger partial charge in [0.1, 0.15) is 11.6 Å². The van der Waals surface area contributed by atoms with Crippen LogP contribution in [0.25, 0.3) is 5.69 Å². The van der Waals surface area contributed by atoms with Crippen LogP contribution in [0.1, 0.15) is 27.4 Å². The quantitative estimate of drug-likeness (QED) is 0.722. The lowest BCUT2D eigenvalue weighted by Crippen LogP contribution is -2.34. The van der Waals surface area contributed by atoms with Gasteiger partial charge in [-0.25, -0.2) is 14.1 Å². The van der Waals surface area contributed by atoms with E-state index in [-0.39, 0.29) is 23.6 Å². The number of hydrogen-bond donors (Lipinski definition) is 1. The average molecular weight is 373 g/mol. The second-order valence-electron chi connectivity index (χ2n) is 6.08. The smallest absolute Gasteiger partial charge is 0.291 e. The zero-order valence-electron chi connectivity index (χ0n) is 14.8. The summed E-state index contributed by atoms with van der Waals surface area (Å²) in [4.78, 5) is 19.9. The standard InChI is InChI=1S/C18H20FN5OS/c1-12-21-17(22-24(12)14-8-6-13(19)7-9-14)18(25)20-11-15(23(2)3)16-5-4-10-26-16/h4-10,15H,11H2,1-3H3,(H,20,25)/t15-/m1/s1. The lowest BCUT2D eigenvalue weighted by molar-refractivity contribution is 0.0932. The zero-order chi connectivity index (χ0) is 18.7. The maximum absolute atomic E-state index is 13.1. The number of halogens is 1. The third kappa shape index (κ3) is 3.97. The van der Waals surface area contributed by atoms with E-state index in [2.05, 4.69) is 20.3 Å². The fourth-order valence-electron chi connectivity index (χ4n) is 2.60. The molecule has 1 atom stereocenters. The first-order chi connectivity index (χ1) is 12.5. The first-order valence-electron chi connectivity index (χ1n) is 8.13. The van der Waals surface area contributed by atoms with E-state index < -0.39 is 0 Å². The molecule has 8 heteroatoms. The summed E-state index contributed by atoms with van der Waals surface area (Å²) in [7, 11) is 3.95. The van der Waals surface area contributed by atoms with Crippen molar-refractivity contribution in [2.75, 3.05) is 20.6 Å². The summed E-state index contributed by atoms with van der Waals surface area (Å²) in [6.45, 7) is 2.21. The van der Waals surface area contributed by atoms with E-state index in [1.807, 2.05) is 31.6 Å². The number of nitrogens with one attached hydrogen (secondary N) is 1. The predicted octanol–water partition coefficient (Wildman–Crippen LogP) is 2.81. The topological polar surface area (TPSA) is 63.1 Å². The molecule has 0 bridgehead atoms. The first kappa shape index (κ1) is 18.2. The Hall–Kier alpha value is -2.58. The van der Waals surface area contributed by atoms with Crippen molar-refractivity contribution in [3.63, 3.8) is 0 Å². The van der Waals surface area contributed by atoms with E-state index in [1.165, 1.54) is 21.7 Å². The molecule has 0 spiro atoms. The Labute approximate surface area is 155 Å². The fourth-order valence-corrected chi connectivity index (χ4v) is 3.52. The molecular weight excluding hydrogens is 353 g/mol. The highest BCUT2D eigenvalue weighted by molar-refractivity contribution is 7.10. The van der Waals surface area contributed by atoms with Crippen LogP contribution in [-0.2, 0) is 0 Å². The number of nitrogens with zero attached hydrogens (tertiary/aromatic N) is 4. The van der Waals surface area contributed by atoms with Gasteiger partial charge >= 0.3 is 0 Å². The molecule has 26 heavy (non-hydrogen) atoms. The van der Waals surface area contributed by atoms with Crippen molar-refractivity contribution in [2.45, 2.75) is 13.0 Å². The normalized spacial score (nSPS) is 12.3. The Morgan fingerprint density at radius 3 is 2.65 bits per heavy atom. The average Bonchev–Trinajstić information content (AvgIpc) is 3.25. The van der Waals surface area contributed by atoms with E-state index >= 15 is 0 Å². The van der Waals surface area contributed by atoms with Gasteiger partial charge in [0, 0.05) is 11.4 Å². The Balaban J connectivity index is 1.72. The van der Waals surface area contributed by atoms with Gasteiger partial charge in [-0.2, -0.15) is 0 Å². The van der Waals surface area contributed by atoms with Crippen molar-refractivity contribution < 1.29 is 9.18 Å². The largest absolute Gasteiger partial charge is 0.347 e. The van der Waals surface area contributed by atoms with Crippen molar-refractivity contribution in [3.8, 4) is 5.69 Å². The Bertz CT molecular complexity index is 874. The molecule has 2 heterocycles. The van der Waals surface area contributed by atoms with E-state index in [0.29, 0.717) is 18.1 Å². The molecule has 1 aromatic carbocycles. The summed E-state index contributed by atoms with van der Waals surface area (Å²) in [6, 6.07) is 10.0. The molecule has 136 valence electrons.